The number of nitrogens with zero attached hydrogens (tertiary/aromatic N) is 2. The van der Waals surface area contributed by atoms with E-state index in [1.807, 2.05) is 0 Å². The van der Waals surface area contributed by atoms with E-state index in [0.717, 1.165) is 6.42 Å². The smallest absolute Gasteiger partial charge is 0.308 e. The van der Waals surface area contributed by atoms with E-state index in [0.29, 0.717) is 50.9 Å². The molecule has 0 aromatic heterocycles. The third-order valence-corrected chi connectivity index (χ3v) is 6.44. The topological polar surface area (TPSA) is 66.9 Å². The highest BCUT2D eigenvalue weighted by molar-refractivity contribution is 7.86. The lowest BCUT2D eigenvalue weighted by atomic mass is 9.94. The van der Waals surface area contributed by atoms with Crippen molar-refractivity contribution < 1.29 is 17.9 Å². The van der Waals surface area contributed by atoms with Crippen molar-refractivity contribution in [2.24, 2.45) is 17.8 Å². The molecule has 2 fully saturated rings. The lowest BCUT2D eigenvalue weighted by molar-refractivity contribution is -0.146. The van der Waals surface area contributed by atoms with Crippen LogP contribution in [0.4, 0.5) is 0 Å². The summed E-state index contributed by atoms with van der Waals surface area (Å²) in [6.07, 6.45) is 2.17. The van der Waals surface area contributed by atoms with E-state index in [-0.39, 0.29) is 11.9 Å². The van der Waals surface area contributed by atoms with Crippen LogP contribution < -0.4 is 0 Å². The zero-order valence-corrected chi connectivity index (χ0v) is 13.9. The molecule has 122 valence electrons. The Morgan fingerprint density at radius 3 is 2.05 bits per heavy atom. The van der Waals surface area contributed by atoms with E-state index in [1.54, 1.807) is 4.31 Å². The maximum atomic E-state index is 12.7. The number of methoxy groups -OCH3 is 1. The van der Waals surface area contributed by atoms with Crippen LogP contribution in [0.1, 0.15) is 33.1 Å². The van der Waals surface area contributed by atoms with E-state index in [2.05, 4.69) is 13.8 Å². The monoisotopic (exact) mass is 318 g/mol. The largest absolute Gasteiger partial charge is 0.469 e. The second kappa shape index (κ2) is 6.62. The summed E-state index contributed by atoms with van der Waals surface area (Å²) in [5, 5.41) is 0. The van der Waals surface area contributed by atoms with Gasteiger partial charge in [0.05, 0.1) is 13.0 Å². The summed E-state index contributed by atoms with van der Waals surface area (Å²) in [6.45, 7) is 6.21. The summed E-state index contributed by atoms with van der Waals surface area (Å²) in [5.41, 5.74) is 0. The first-order valence-electron chi connectivity index (χ1n) is 7.67. The molecule has 0 amide bonds. The molecule has 2 aliphatic heterocycles. The van der Waals surface area contributed by atoms with E-state index < -0.39 is 10.2 Å². The fraction of sp³-hybridized carbons (Fsp3) is 0.929. The van der Waals surface area contributed by atoms with Gasteiger partial charge in [0.25, 0.3) is 10.2 Å². The van der Waals surface area contributed by atoms with Crippen LogP contribution in [0.15, 0.2) is 0 Å². The molecule has 0 bridgehead atoms. The van der Waals surface area contributed by atoms with Gasteiger partial charge in [-0.25, -0.2) is 0 Å². The van der Waals surface area contributed by atoms with Crippen LogP contribution in [-0.4, -0.2) is 56.3 Å². The minimum absolute atomic E-state index is 0.166. The summed E-state index contributed by atoms with van der Waals surface area (Å²) in [4.78, 5) is 11.5. The second-order valence-electron chi connectivity index (χ2n) is 6.47. The Kier molecular flexibility index (Phi) is 5.27. The normalized spacial score (nSPS) is 30.2. The molecule has 0 aliphatic carbocycles. The second-order valence-corrected chi connectivity index (χ2v) is 8.40. The highest BCUT2D eigenvalue weighted by Crippen LogP contribution is 2.27. The molecule has 2 aliphatic rings. The fourth-order valence-corrected chi connectivity index (χ4v) is 5.33. The van der Waals surface area contributed by atoms with Gasteiger partial charge in [-0.15, -0.1) is 0 Å². The molecular weight excluding hydrogens is 292 g/mol. The van der Waals surface area contributed by atoms with Crippen LogP contribution in [0.5, 0.6) is 0 Å². The van der Waals surface area contributed by atoms with Crippen molar-refractivity contribution >= 4 is 16.2 Å². The lowest BCUT2D eigenvalue weighted by Crippen LogP contribution is -2.51. The molecular formula is C14H26N2O4S. The predicted molar refractivity (Wildman–Crippen MR) is 79.8 cm³/mol. The molecule has 2 atom stereocenters. The number of piperidine rings is 2. The maximum absolute atomic E-state index is 12.7. The van der Waals surface area contributed by atoms with Crippen molar-refractivity contribution in [3.8, 4) is 0 Å². The molecule has 0 unspecified atom stereocenters. The summed E-state index contributed by atoms with van der Waals surface area (Å²) in [6, 6.07) is 0. The molecule has 0 aromatic carbocycles. The van der Waals surface area contributed by atoms with Gasteiger partial charge in [-0.3, -0.25) is 4.79 Å². The van der Waals surface area contributed by atoms with Crippen molar-refractivity contribution in [1.29, 1.82) is 0 Å². The molecule has 0 aromatic rings. The zero-order chi connectivity index (χ0) is 15.6. The number of rotatable bonds is 3. The van der Waals surface area contributed by atoms with E-state index >= 15 is 0 Å². The average molecular weight is 318 g/mol. The van der Waals surface area contributed by atoms with Crippen LogP contribution in [0, 0.1) is 17.8 Å². The molecule has 7 heteroatoms. The van der Waals surface area contributed by atoms with Gasteiger partial charge in [0.1, 0.15) is 0 Å². The Bertz CT molecular complexity index is 461. The molecule has 0 radical (unpaired) electrons. The molecule has 0 N–H and O–H groups in total. The summed E-state index contributed by atoms with van der Waals surface area (Å²) >= 11 is 0. The molecule has 2 rings (SSSR count). The lowest BCUT2D eigenvalue weighted by Gasteiger charge is -2.39. The number of carbonyl (C=O) groups is 1. The molecule has 6 nitrogen and oxygen atoms in total. The van der Waals surface area contributed by atoms with Gasteiger partial charge >= 0.3 is 5.97 Å². The van der Waals surface area contributed by atoms with Gasteiger partial charge in [-0.05, 0) is 31.1 Å². The Morgan fingerprint density at radius 1 is 1.05 bits per heavy atom. The molecule has 2 saturated heterocycles. The van der Waals surface area contributed by atoms with Crippen molar-refractivity contribution in [2.45, 2.75) is 33.1 Å². The average Bonchev–Trinajstić information content (AvgIpc) is 2.45. The van der Waals surface area contributed by atoms with Gasteiger partial charge in [-0.2, -0.15) is 17.0 Å². The number of hydrogen-bond donors (Lipinski definition) is 0. The first-order chi connectivity index (χ1) is 9.84. The Labute approximate surface area is 127 Å². The van der Waals surface area contributed by atoms with E-state index in [9.17, 15) is 13.2 Å². The molecule has 0 saturated carbocycles. The Hall–Kier alpha value is -0.660. The Morgan fingerprint density at radius 2 is 1.57 bits per heavy atom. The highest BCUT2D eigenvalue weighted by Gasteiger charge is 2.37. The van der Waals surface area contributed by atoms with Crippen LogP contribution in [0.2, 0.25) is 0 Å². The van der Waals surface area contributed by atoms with Crippen LogP contribution in [0.3, 0.4) is 0 Å². The summed E-state index contributed by atoms with van der Waals surface area (Å²) in [5.74, 6) is 0.403. The number of esters is 1. The van der Waals surface area contributed by atoms with Crippen molar-refractivity contribution in [3.63, 3.8) is 0 Å². The minimum Gasteiger partial charge on any atom is -0.469 e. The minimum atomic E-state index is -3.39. The van der Waals surface area contributed by atoms with Crippen LogP contribution >= 0.6 is 0 Å². The third kappa shape index (κ3) is 3.76. The maximum Gasteiger partial charge on any atom is 0.308 e. The quantitative estimate of drug-likeness (QED) is 0.731. The molecule has 2 heterocycles. The molecule has 21 heavy (non-hydrogen) atoms. The first-order valence-corrected chi connectivity index (χ1v) is 9.07. The van der Waals surface area contributed by atoms with Gasteiger partial charge in [0, 0.05) is 26.2 Å². The first kappa shape index (κ1) is 16.7. The van der Waals surface area contributed by atoms with Gasteiger partial charge < -0.3 is 4.74 Å². The van der Waals surface area contributed by atoms with Crippen LogP contribution in [0.25, 0.3) is 0 Å². The zero-order valence-electron chi connectivity index (χ0n) is 13.1. The summed E-state index contributed by atoms with van der Waals surface area (Å²) < 4.78 is 33.3. The predicted octanol–water partition coefficient (Wildman–Crippen LogP) is 1.09. The molecule has 0 spiro atoms. The number of hydrogen-bond acceptors (Lipinski definition) is 4. The van der Waals surface area contributed by atoms with E-state index in [4.69, 9.17) is 4.74 Å². The standard InChI is InChI=1S/C14H26N2O4S/c1-11-8-12(2)10-16(9-11)21(18,19)15-6-4-13(5-7-15)14(17)20-3/h11-13H,4-10H2,1-3H3/t11-,12+. The fourth-order valence-electron chi connectivity index (χ4n) is 3.45. The van der Waals surface area contributed by atoms with Gasteiger partial charge in [0.15, 0.2) is 0 Å². The van der Waals surface area contributed by atoms with Crippen molar-refractivity contribution in [2.75, 3.05) is 33.3 Å². The number of carbonyl (C=O) groups excluding carboxylic acids is 1. The van der Waals surface area contributed by atoms with Crippen molar-refractivity contribution in [1.82, 2.24) is 8.61 Å². The highest BCUT2D eigenvalue weighted by atomic mass is 32.2. The summed E-state index contributed by atoms with van der Waals surface area (Å²) in [7, 11) is -2.02. The van der Waals surface area contributed by atoms with E-state index in [1.165, 1.54) is 11.4 Å². The number of ether oxygens (including phenoxy) is 1. The van der Waals surface area contributed by atoms with Crippen LogP contribution in [-0.2, 0) is 19.7 Å². The van der Waals surface area contributed by atoms with Gasteiger partial charge in [0.2, 0.25) is 0 Å². The SMILES string of the molecule is COC(=O)C1CCN(S(=O)(=O)N2C[C@H](C)C[C@H](C)C2)CC1. The van der Waals surface area contributed by atoms with Crippen molar-refractivity contribution in [3.05, 3.63) is 0 Å². The Balaban J connectivity index is 1.99. The van der Waals surface area contributed by atoms with Gasteiger partial charge in [-0.1, -0.05) is 13.8 Å². The third-order valence-electron chi connectivity index (χ3n) is 4.48.